The number of ketones is 1. The first-order valence-electron chi connectivity index (χ1n) is 22.6. The third-order valence-corrected chi connectivity index (χ3v) is 11.4. The van der Waals surface area contributed by atoms with E-state index in [2.05, 4.69) is 23.7 Å². The Balaban J connectivity index is 1.10. The zero-order chi connectivity index (χ0) is 47.8. The summed E-state index contributed by atoms with van der Waals surface area (Å²) in [7, 11) is 0. The van der Waals surface area contributed by atoms with Crippen LogP contribution >= 0.6 is 11.3 Å². The topological polar surface area (TPSA) is 152 Å². The monoisotopic (exact) mass is 933 g/mol. The highest BCUT2D eigenvalue weighted by Gasteiger charge is 2.17. The van der Waals surface area contributed by atoms with Crippen molar-refractivity contribution in [2.45, 2.75) is 57.8 Å². The largest absolute Gasteiger partial charge is 0.494 e. The average molecular weight is 934 g/mol. The van der Waals surface area contributed by atoms with Crippen molar-refractivity contribution in [1.29, 1.82) is 0 Å². The molecule has 0 aliphatic carbocycles. The van der Waals surface area contributed by atoms with Gasteiger partial charge in [-0.1, -0.05) is 91.2 Å². The lowest BCUT2D eigenvalue weighted by molar-refractivity contribution is -0.138. The van der Waals surface area contributed by atoms with Crippen LogP contribution in [-0.4, -0.2) is 61.3 Å². The molecule has 0 unspecified atom stereocenters. The van der Waals surface area contributed by atoms with Crippen molar-refractivity contribution in [1.82, 2.24) is 4.98 Å². The molecule has 6 rings (SSSR count). The zero-order valence-corrected chi connectivity index (χ0v) is 38.8. The van der Waals surface area contributed by atoms with Gasteiger partial charge in [0.1, 0.15) is 17.2 Å². The maximum absolute atomic E-state index is 13.5. The van der Waals surface area contributed by atoms with Crippen LogP contribution in [0.5, 0.6) is 17.2 Å². The van der Waals surface area contributed by atoms with Crippen molar-refractivity contribution in [2.24, 2.45) is 5.10 Å². The number of Topliss-reactive ketones (excluding diaryl/α,β-unsaturated/α-hetero) is 1. The fourth-order valence-corrected chi connectivity index (χ4v) is 7.78. The Kier molecular flexibility index (Phi) is 19.8. The van der Waals surface area contributed by atoms with E-state index in [1.54, 1.807) is 72.9 Å². The van der Waals surface area contributed by atoms with Crippen molar-refractivity contribution in [2.75, 3.05) is 31.9 Å². The summed E-state index contributed by atoms with van der Waals surface area (Å²) in [6.45, 7) is 8.56. The predicted octanol–water partition coefficient (Wildman–Crippen LogP) is 11.9. The molecule has 0 amide bonds. The summed E-state index contributed by atoms with van der Waals surface area (Å²) in [6, 6.07) is 39.0. The molecule has 1 aromatic heterocycles. The van der Waals surface area contributed by atoms with Crippen LogP contribution in [0.2, 0.25) is 0 Å². The van der Waals surface area contributed by atoms with Crippen LogP contribution in [0.3, 0.4) is 0 Å². The van der Waals surface area contributed by atoms with E-state index in [1.807, 2.05) is 60.7 Å². The van der Waals surface area contributed by atoms with E-state index in [0.29, 0.717) is 65.3 Å². The second-order valence-electron chi connectivity index (χ2n) is 15.5. The van der Waals surface area contributed by atoms with Gasteiger partial charge in [-0.2, -0.15) is 5.10 Å². The number of thiazole rings is 1. The zero-order valence-electron chi connectivity index (χ0n) is 37.9. The van der Waals surface area contributed by atoms with Gasteiger partial charge in [-0.25, -0.2) is 19.4 Å². The Hall–Kier alpha value is -7.64. The molecule has 350 valence electrons. The number of rotatable bonds is 28. The van der Waals surface area contributed by atoms with Crippen LogP contribution in [0, 0.1) is 0 Å². The number of nitrogens with one attached hydrogen (secondary N) is 1. The number of hydrogen-bond donors (Lipinski definition) is 1. The highest BCUT2D eigenvalue weighted by molar-refractivity contribution is 7.19. The van der Waals surface area contributed by atoms with Crippen LogP contribution in [0.4, 0.5) is 5.13 Å². The molecule has 0 bridgehead atoms. The number of nitrogens with zero attached hydrogens (tertiary/aromatic N) is 2. The number of anilines is 1. The number of carbonyl (C=O) groups is 4. The number of ether oxygens (including phenoxy) is 5. The van der Waals surface area contributed by atoms with Gasteiger partial charge >= 0.3 is 17.9 Å². The van der Waals surface area contributed by atoms with Crippen LogP contribution in [-0.2, 0) is 25.5 Å². The Morgan fingerprint density at radius 3 is 1.69 bits per heavy atom. The van der Waals surface area contributed by atoms with Crippen molar-refractivity contribution < 1.29 is 42.9 Å². The van der Waals surface area contributed by atoms with Gasteiger partial charge in [0.15, 0.2) is 5.78 Å². The fourth-order valence-electron chi connectivity index (χ4n) is 6.83. The van der Waals surface area contributed by atoms with Gasteiger partial charge in [0.05, 0.1) is 48.8 Å². The van der Waals surface area contributed by atoms with Crippen LogP contribution in [0.15, 0.2) is 158 Å². The van der Waals surface area contributed by atoms with E-state index >= 15 is 0 Å². The average Bonchev–Trinajstić information content (AvgIpc) is 3.81. The normalized spacial score (nSPS) is 10.8. The number of aromatic nitrogens is 1. The van der Waals surface area contributed by atoms with Crippen LogP contribution in [0.1, 0.15) is 83.2 Å². The molecule has 1 heterocycles. The Labute approximate surface area is 401 Å². The number of benzene rings is 5. The van der Waals surface area contributed by atoms with Gasteiger partial charge in [-0.05, 0) is 123 Å². The first-order valence-corrected chi connectivity index (χ1v) is 23.4. The summed E-state index contributed by atoms with van der Waals surface area (Å²) in [5, 5.41) is 5.11. The molecular weight excluding hydrogens is 879 g/mol. The molecule has 0 aliphatic heterocycles. The summed E-state index contributed by atoms with van der Waals surface area (Å²) in [4.78, 5) is 55.3. The van der Waals surface area contributed by atoms with Crippen molar-refractivity contribution in [3.05, 3.63) is 175 Å². The molecule has 0 saturated heterocycles. The third-order valence-electron chi connectivity index (χ3n) is 10.4. The molecule has 68 heavy (non-hydrogen) atoms. The summed E-state index contributed by atoms with van der Waals surface area (Å²) in [5.41, 5.74) is 7.93. The molecule has 12 nitrogen and oxygen atoms in total. The maximum atomic E-state index is 13.5. The lowest BCUT2D eigenvalue weighted by Crippen LogP contribution is -2.11. The second kappa shape index (κ2) is 27.1. The van der Waals surface area contributed by atoms with Gasteiger partial charge in [0, 0.05) is 35.3 Å². The minimum Gasteiger partial charge on any atom is -0.494 e. The Morgan fingerprint density at radius 1 is 0.603 bits per heavy atom. The van der Waals surface area contributed by atoms with E-state index in [-0.39, 0.29) is 18.0 Å². The SMILES string of the molecule is C=CC(=O)OCCCCCCOc1ccc(C(=O)Cc2ccc(OC(=O)c3ccc(OCCCCCCOC(=O)C=C)cc3)c(/C=N/Nc3nc(-c4ccccc4)c(-c4ccccc4)s3)c2)cc1. The minimum atomic E-state index is -0.575. The molecule has 0 saturated carbocycles. The number of carbonyl (C=O) groups excluding carboxylic acids is 4. The molecule has 1 N–H and O–H groups in total. The number of esters is 3. The number of hydrogen-bond acceptors (Lipinski definition) is 13. The molecule has 13 heteroatoms. The maximum Gasteiger partial charge on any atom is 0.343 e. The first-order chi connectivity index (χ1) is 33.3. The van der Waals surface area contributed by atoms with E-state index < -0.39 is 17.9 Å². The summed E-state index contributed by atoms with van der Waals surface area (Å²) in [6.07, 6.45) is 10.9. The van der Waals surface area contributed by atoms with E-state index in [4.69, 9.17) is 28.7 Å². The van der Waals surface area contributed by atoms with Crippen molar-refractivity contribution >= 4 is 46.4 Å². The Bertz CT molecular complexity index is 2550. The van der Waals surface area contributed by atoms with Crippen molar-refractivity contribution in [3.63, 3.8) is 0 Å². The minimum absolute atomic E-state index is 0.0881. The molecule has 0 radical (unpaired) electrons. The van der Waals surface area contributed by atoms with Gasteiger partial charge in [-0.3, -0.25) is 10.2 Å². The van der Waals surface area contributed by atoms with Gasteiger partial charge < -0.3 is 23.7 Å². The summed E-state index contributed by atoms with van der Waals surface area (Å²) in [5.74, 6) is 0.0458. The quantitative estimate of drug-likeness (QED) is 0.00952. The van der Waals surface area contributed by atoms with Crippen LogP contribution in [0.25, 0.3) is 21.7 Å². The molecule has 0 atom stereocenters. The second-order valence-corrected chi connectivity index (χ2v) is 16.5. The lowest BCUT2D eigenvalue weighted by Gasteiger charge is -2.11. The van der Waals surface area contributed by atoms with Gasteiger partial charge in [-0.15, -0.1) is 0 Å². The van der Waals surface area contributed by atoms with Crippen molar-refractivity contribution in [3.8, 4) is 38.9 Å². The molecular formula is C55H55N3O9S. The lowest BCUT2D eigenvalue weighted by atomic mass is 10.0. The predicted molar refractivity (Wildman–Crippen MR) is 267 cm³/mol. The molecule has 0 fully saturated rings. The fraction of sp³-hybridized carbons (Fsp3) is 0.236. The molecule has 6 aromatic rings. The third kappa shape index (κ3) is 16.1. The summed E-state index contributed by atoms with van der Waals surface area (Å²) < 4.78 is 27.7. The van der Waals surface area contributed by atoms with E-state index in [0.717, 1.165) is 85.2 Å². The number of hydrazone groups is 1. The van der Waals surface area contributed by atoms with E-state index in [9.17, 15) is 19.2 Å². The first kappa shape index (κ1) is 49.8. The molecule has 0 aliphatic rings. The standard InChI is InChI=1S/C55H55N3O9S/c1-3-50(60)65-35-17-7-5-15-33-63-46-28-24-41(25-29-46)48(59)38-40-23-32-49(67-54(62)44-26-30-47(31-27-44)64-34-16-6-8-18-36-66-51(61)4-2)45(37-40)39-56-58-55-57-52(42-19-11-9-12-20-42)53(68-55)43-21-13-10-14-22-43/h3-4,9-14,19-32,37,39H,1-2,5-8,15-18,33-36,38H2,(H,57,58)/b56-39+. The highest BCUT2D eigenvalue weighted by atomic mass is 32.1. The highest BCUT2D eigenvalue weighted by Crippen LogP contribution is 2.39. The van der Waals surface area contributed by atoms with E-state index in [1.165, 1.54) is 11.3 Å². The molecule has 0 spiro atoms. The van der Waals surface area contributed by atoms with Gasteiger partial charge in [0.25, 0.3) is 0 Å². The smallest absolute Gasteiger partial charge is 0.343 e. The number of unbranched alkanes of at least 4 members (excludes halogenated alkanes) is 6. The summed E-state index contributed by atoms with van der Waals surface area (Å²) >= 11 is 1.47. The van der Waals surface area contributed by atoms with Gasteiger partial charge in [0.2, 0.25) is 5.13 Å². The Morgan fingerprint density at radius 2 is 1.13 bits per heavy atom. The van der Waals surface area contributed by atoms with Crippen LogP contribution < -0.4 is 19.6 Å². The molecule has 5 aromatic carbocycles.